The van der Waals surface area contributed by atoms with Crippen molar-refractivity contribution in [2.45, 2.75) is 45.3 Å². The molecule has 7 nitrogen and oxygen atoms in total. The van der Waals surface area contributed by atoms with Gasteiger partial charge in [0.2, 0.25) is 0 Å². The summed E-state index contributed by atoms with van der Waals surface area (Å²) in [4.78, 5) is 17.7. The Labute approximate surface area is 152 Å². The zero-order chi connectivity index (χ0) is 19.4. The van der Waals surface area contributed by atoms with Crippen molar-refractivity contribution in [2.75, 3.05) is 46.0 Å². The number of guanidine groups is 1. The molecule has 152 valence electrons. The summed E-state index contributed by atoms with van der Waals surface area (Å²) in [5.41, 5.74) is 0. The average Bonchev–Trinajstić information content (AvgIpc) is 2.58. The van der Waals surface area contributed by atoms with Crippen molar-refractivity contribution >= 4 is 12.1 Å². The molecule has 0 bridgehead atoms. The van der Waals surface area contributed by atoms with Gasteiger partial charge in [-0.1, -0.05) is 0 Å². The van der Waals surface area contributed by atoms with Gasteiger partial charge in [-0.25, -0.2) is 4.79 Å². The van der Waals surface area contributed by atoms with Gasteiger partial charge >= 0.3 is 12.3 Å². The number of nitrogens with one attached hydrogen (secondary N) is 2. The van der Waals surface area contributed by atoms with E-state index in [0.29, 0.717) is 45.2 Å². The van der Waals surface area contributed by atoms with Crippen molar-refractivity contribution in [1.82, 2.24) is 15.5 Å². The number of alkyl halides is 3. The van der Waals surface area contributed by atoms with Crippen LogP contribution < -0.4 is 10.6 Å². The van der Waals surface area contributed by atoms with E-state index in [4.69, 9.17) is 4.74 Å². The minimum Gasteiger partial charge on any atom is -0.450 e. The molecule has 0 spiro atoms. The molecule has 0 radical (unpaired) electrons. The van der Waals surface area contributed by atoms with Crippen molar-refractivity contribution in [1.29, 1.82) is 0 Å². The van der Waals surface area contributed by atoms with Crippen LogP contribution in [-0.4, -0.2) is 75.2 Å². The number of rotatable bonds is 8. The SMILES string of the molecule is CCNC(=NCCCOCC(F)(F)F)NC1CCN(C(=O)OCC)CC1. The molecule has 0 aromatic heterocycles. The maximum absolute atomic E-state index is 12.0. The van der Waals surface area contributed by atoms with Crippen LogP contribution >= 0.6 is 0 Å². The molecule has 1 aliphatic heterocycles. The van der Waals surface area contributed by atoms with Crippen LogP contribution in [0.2, 0.25) is 0 Å². The van der Waals surface area contributed by atoms with E-state index in [-0.39, 0.29) is 18.7 Å². The zero-order valence-corrected chi connectivity index (χ0v) is 15.4. The fraction of sp³-hybridized carbons (Fsp3) is 0.875. The van der Waals surface area contributed by atoms with Gasteiger partial charge < -0.3 is 25.0 Å². The number of ether oxygens (including phenoxy) is 2. The molecule has 0 aliphatic carbocycles. The summed E-state index contributed by atoms with van der Waals surface area (Å²) in [6.45, 7) is 5.14. The Morgan fingerprint density at radius 1 is 1.27 bits per heavy atom. The van der Waals surface area contributed by atoms with Crippen LogP contribution in [0.25, 0.3) is 0 Å². The number of aliphatic imine (C=N–C) groups is 1. The molecule has 2 N–H and O–H groups in total. The number of amides is 1. The Kier molecular flexibility index (Phi) is 10.2. The first-order valence-corrected chi connectivity index (χ1v) is 8.96. The van der Waals surface area contributed by atoms with Gasteiger partial charge in [-0.15, -0.1) is 0 Å². The normalized spacial score (nSPS) is 16.5. The smallest absolute Gasteiger partial charge is 0.411 e. The van der Waals surface area contributed by atoms with Gasteiger partial charge in [0.1, 0.15) is 6.61 Å². The Morgan fingerprint density at radius 3 is 2.54 bits per heavy atom. The van der Waals surface area contributed by atoms with E-state index < -0.39 is 12.8 Å². The minimum absolute atomic E-state index is 0.0142. The highest BCUT2D eigenvalue weighted by Crippen LogP contribution is 2.14. The number of likely N-dealkylation sites (tertiary alicyclic amines) is 1. The summed E-state index contributed by atoms with van der Waals surface area (Å²) in [5.74, 6) is 0.623. The van der Waals surface area contributed by atoms with Gasteiger partial charge in [-0.05, 0) is 33.1 Å². The van der Waals surface area contributed by atoms with Crippen LogP contribution in [0.15, 0.2) is 4.99 Å². The summed E-state index contributed by atoms with van der Waals surface area (Å²) in [6.07, 6.45) is -2.62. The number of nitrogens with zero attached hydrogens (tertiary/aromatic N) is 2. The minimum atomic E-state index is -4.29. The number of hydrogen-bond donors (Lipinski definition) is 2. The molecular formula is C16H29F3N4O3. The van der Waals surface area contributed by atoms with Gasteiger partial charge in [0.05, 0.1) is 6.61 Å². The van der Waals surface area contributed by atoms with E-state index in [1.54, 1.807) is 11.8 Å². The molecule has 1 saturated heterocycles. The summed E-state index contributed by atoms with van der Waals surface area (Å²) in [7, 11) is 0. The molecule has 0 aromatic carbocycles. The highest BCUT2D eigenvalue weighted by Gasteiger charge is 2.27. The van der Waals surface area contributed by atoms with Gasteiger partial charge in [-0.2, -0.15) is 13.2 Å². The Hall–Kier alpha value is -1.71. The van der Waals surface area contributed by atoms with Crippen LogP contribution in [0, 0.1) is 0 Å². The molecule has 0 saturated carbocycles. The number of carbonyl (C=O) groups excluding carboxylic acids is 1. The van der Waals surface area contributed by atoms with Crippen molar-refractivity contribution < 1.29 is 27.4 Å². The standard InChI is InChI=1S/C16H29F3N4O3/c1-3-20-14(21-8-5-11-25-12-16(17,18)19)22-13-6-9-23(10-7-13)15(24)26-4-2/h13H,3-12H2,1-2H3,(H2,20,21,22). The lowest BCUT2D eigenvalue weighted by Crippen LogP contribution is -2.49. The maximum Gasteiger partial charge on any atom is 0.411 e. The maximum atomic E-state index is 12.0. The average molecular weight is 382 g/mol. The van der Waals surface area contributed by atoms with E-state index >= 15 is 0 Å². The van der Waals surface area contributed by atoms with E-state index in [1.165, 1.54) is 0 Å². The van der Waals surface area contributed by atoms with Crippen LogP contribution in [0.1, 0.15) is 33.1 Å². The van der Waals surface area contributed by atoms with Gasteiger partial charge in [0.25, 0.3) is 0 Å². The molecule has 1 rings (SSSR count). The topological polar surface area (TPSA) is 75.2 Å². The van der Waals surface area contributed by atoms with Crippen molar-refractivity contribution in [2.24, 2.45) is 4.99 Å². The second kappa shape index (κ2) is 11.8. The summed E-state index contributed by atoms with van der Waals surface area (Å²) in [6, 6.07) is 0.181. The van der Waals surface area contributed by atoms with Crippen LogP contribution in [0.3, 0.4) is 0 Å². The largest absolute Gasteiger partial charge is 0.450 e. The van der Waals surface area contributed by atoms with E-state index in [2.05, 4.69) is 20.4 Å². The second-order valence-corrected chi connectivity index (χ2v) is 5.89. The quantitative estimate of drug-likeness (QED) is 0.382. The third kappa shape index (κ3) is 9.69. The summed E-state index contributed by atoms with van der Waals surface area (Å²) >= 11 is 0. The summed E-state index contributed by atoms with van der Waals surface area (Å²) < 4.78 is 45.5. The lowest BCUT2D eigenvalue weighted by molar-refractivity contribution is -0.173. The molecule has 1 heterocycles. The van der Waals surface area contributed by atoms with Crippen LogP contribution in [0.4, 0.5) is 18.0 Å². The van der Waals surface area contributed by atoms with Gasteiger partial charge in [0.15, 0.2) is 5.96 Å². The number of hydrogen-bond acceptors (Lipinski definition) is 4. The predicted octanol–water partition coefficient (Wildman–Crippen LogP) is 2.13. The van der Waals surface area contributed by atoms with Crippen LogP contribution in [0.5, 0.6) is 0 Å². The molecule has 0 unspecified atom stereocenters. The van der Waals surface area contributed by atoms with Crippen molar-refractivity contribution in [3.05, 3.63) is 0 Å². The molecule has 0 atom stereocenters. The molecule has 0 aromatic rings. The molecular weight excluding hydrogens is 353 g/mol. The number of carbonyl (C=O) groups is 1. The Morgan fingerprint density at radius 2 is 1.96 bits per heavy atom. The fourth-order valence-corrected chi connectivity index (χ4v) is 2.48. The lowest BCUT2D eigenvalue weighted by atomic mass is 10.1. The third-order valence-corrected chi connectivity index (χ3v) is 3.69. The fourth-order valence-electron chi connectivity index (χ4n) is 2.48. The number of piperidine rings is 1. The predicted molar refractivity (Wildman–Crippen MR) is 92.2 cm³/mol. The van der Waals surface area contributed by atoms with Crippen molar-refractivity contribution in [3.8, 4) is 0 Å². The molecule has 1 amide bonds. The van der Waals surface area contributed by atoms with E-state index in [9.17, 15) is 18.0 Å². The summed E-state index contributed by atoms with van der Waals surface area (Å²) in [5, 5.41) is 6.41. The number of halogens is 3. The van der Waals surface area contributed by atoms with Crippen molar-refractivity contribution in [3.63, 3.8) is 0 Å². The monoisotopic (exact) mass is 382 g/mol. The lowest BCUT2D eigenvalue weighted by Gasteiger charge is -2.32. The molecule has 1 fully saturated rings. The Balaban J connectivity index is 2.31. The first-order chi connectivity index (χ1) is 12.4. The molecule has 26 heavy (non-hydrogen) atoms. The first-order valence-electron chi connectivity index (χ1n) is 8.96. The molecule has 1 aliphatic rings. The van der Waals surface area contributed by atoms with Crippen LogP contribution in [-0.2, 0) is 9.47 Å². The highest BCUT2D eigenvalue weighted by atomic mass is 19.4. The van der Waals surface area contributed by atoms with E-state index in [1.807, 2.05) is 6.92 Å². The van der Waals surface area contributed by atoms with Gasteiger partial charge in [0, 0.05) is 38.8 Å². The Bertz CT molecular complexity index is 439. The first kappa shape index (κ1) is 22.3. The second-order valence-electron chi connectivity index (χ2n) is 5.89. The highest BCUT2D eigenvalue weighted by molar-refractivity contribution is 5.80. The zero-order valence-electron chi connectivity index (χ0n) is 15.4. The van der Waals surface area contributed by atoms with Gasteiger partial charge in [-0.3, -0.25) is 4.99 Å². The van der Waals surface area contributed by atoms with E-state index in [0.717, 1.165) is 12.8 Å². The molecule has 10 heteroatoms. The third-order valence-electron chi connectivity index (χ3n) is 3.69.